The maximum Gasteiger partial charge on any atom is 0.109 e. The zero-order valence-corrected chi connectivity index (χ0v) is 15.7. The maximum absolute atomic E-state index is 4.94. The minimum atomic E-state index is -0.981. The van der Waals surface area contributed by atoms with E-state index >= 15 is 0 Å². The van der Waals surface area contributed by atoms with Crippen LogP contribution in [0.3, 0.4) is 0 Å². The predicted molar refractivity (Wildman–Crippen MR) is 75.6 cm³/mol. The van der Waals surface area contributed by atoms with Crippen LogP contribution in [-0.4, -0.2) is 59.2 Å². The van der Waals surface area contributed by atoms with E-state index in [9.17, 15) is 0 Å². The molecule has 87 valence electrons. The number of rotatable bonds is 2. The van der Waals surface area contributed by atoms with E-state index in [0.717, 1.165) is 13.2 Å². The summed E-state index contributed by atoms with van der Waals surface area (Å²) in [4.78, 5) is 0. The number of hydrogen-bond acceptors (Lipinski definition) is 2. The largest absolute Gasteiger partial charge is 0.381 e. The fourth-order valence-electron chi connectivity index (χ4n) is 1.64. The van der Waals surface area contributed by atoms with Crippen molar-refractivity contribution < 1.29 is 4.74 Å². The topological polar surface area (TPSA) is 21.3 Å². The van der Waals surface area contributed by atoms with Gasteiger partial charge in [0.1, 0.15) is 16.5 Å². The van der Waals surface area contributed by atoms with Crippen molar-refractivity contribution in [3.05, 3.63) is 0 Å². The normalized spacial score (nSPS) is 16.4. The molecule has 1 radical (unpaired) electrons. The van der Waals surface area contributed by atoms with Crippen LogP contribution in [0.4, 0.5) is 0 Å². The van der Waals surface area contributed by atoms with E-state index in [0.29, 0.717) is 0 Å². The van der Waals surface area contributed by atoms with Gasteiger partial charge >= 0.3 is 0 Å². The molecule has 0 unspecified atom stereocenters. The number of hydrogen-bond donors (Lipinski definition) is 1. The zero-order chi connectivity index (χ0) is 11.2. The molecule has 1 heterocycles. The molecule has 15 heavy (non-hydrogen) atoms. The monoisotopic (exact) mass is 256 g/mol. The van der Waals surface area contributed by atoms with Gasteiger partial charge in [-0.1, -0.05) is 39.3 Å². The van der Waals surface area contributed by atoms with Crippen LogP contribution in [0.5, 0.6) is 0 Å². The van der Waals surface area contributed by atoms with Crippen LogP contribution < -0.4 is 4.65 Å². The average molecular weight is 256 g/mol. The molecule has 0 bridgehead atoms. The van der Waals surface area contributed by atoms with Gasteiger partial charge < -0.3 is 9.38 Å². The summed E-state index contributed by atoms with van der Waals surface area (Å²) in [7, 11) is -1.96. The Morgan fingerprint density at radius 3 is 1.20 bits per heavy atom. The van der Waals surface area contributed by atoms with E-state index in [1.807, 2.05) is 0 Å². The van der Waals surface area contributed by atoms with E-state index in [4.69, 9.17) is 4.74 Å². The SMILES string of the molecule is C1CCOC1.C[Si](C)(C)N[Si](C)(C)C.[Na]. The molecule has 1 fully saturated rings. The fourth-order valence-corrected chi connectivity index (χ4v) is 10.6. The van der Waals surface area contributed by atoms with Crippen molar-refractivity contribution in [1.82, 2.24) is 4.65 Å². The summed E-state index contributed by atoms with van der Waals surface area (Å²) in [6.07, 6.45) is 2.56. The van der Waals surface area contributed by atoms with Gasteiger partial charge in [-0.3, -0.25) is 0 Å². The molecule has 0 aromatic rings. The molecule has 5 heteroatoms. The van der Waals surface area contributed by atoms with Crippen LogP contribution in [0.2, 0.25) is 39.3 Å². The summed E-state index contributed by atoms with van der Waals surface area (Å²) in [5.74, 6) is 0. The first-order valence-electron chi connectivity index (χ1n) is 5.58. The summed E-state index contributed by atoms with van der Waals surface area (Å²) in [5.41, 5.74) is 0. The van der Waals surface area contributed by atoms with Gasteiger partial charge in [0, 0.05) is 42.8 Å². The fraction of sp³-hybridized carbons (Fsp3) is 1.00. The third kappa shape index (κ3) is 17.9. The van der Waals surface area contributed by atoms with Gasteiger partial charge in [-0.05, 0) is 12.8 Å². The molecule has 1 saturated heterocycles. The van der Waals surface area contributed by atoms with Crippen molar-refractivity contribution in [1.29, 1.82) is 0 Å². The first kappa shape index (κ1) is 18.7. The first-order valence-corrected chi connectivity index (χ1v) is 12.6. The first-order chi connectivity index (χ1) is 6.21. The van der Waals surface area contributed by atoms with Gasteiger partial charge in [0.2, 0.25) is 0 Å². The van der Waals surface area contributed by atoms with E-state index < -0.39 is 16.5 Å². The Morgan fingerprint density at radius 1 is 0.800 bits per heavy atom. The molecule has 0 spiro atoms. The minimum absolute atomic E-state index is 0. The Morgan fingerprint density at radius 2 is 1.13 bits per heavy atom. The van der Waals surface area contributed by atoms with Crippen molar-refractivity contribution >= 4 is 46.0 Å². The van der Waals surface area contributed by atoms with Crippen molar-refractivity contribution in [3.8, 4) is 0 Å². The summed E-state index contributed by atoms with van der Waals surface area (Å²) < 4.78 is 8.68. The zero-order valence-electron chi connectivity index (χ0n) is 11.7. The molecule has 0 aliphatic carbocycles. The Bertz CT molecular complexity index is 131. The quantitative estimate of drug-likeness (QED) is 0.767. The second kappa shape index (κ2) is 8.45. The molecule has 0 saturated carbocycles. The van der Waals surface area contributed by atoms with Crippen molar-refractivity contribution in [2.45, 2.75) is 52.1 Å². The number of nitrogens with one attached hydrogen (secondary N) is 1. The van der Waals surface area contributed by atoms with Crippen molar-refractivity contribution in [2.24, 2.45) is 0 Å². The maximum atomic E-state index is 4.94. The average Bonchev–Trinajstić information content (AvgIpc) is 2.29. The van der Waals surface area contributed by atoms with Gasteiger partial charge in [0.15, 0.2) is 0 Å². The van der Waals surface area contributed by atoms with Crippen LogP contribution >= 0.6 is 0 Å². The minimum Gasteiger partial charge on any atom is -0.381 e. The molecule has 1 N–H and O–H groups in total. The second-order valence-corrected chi connectivity index (χ2v) is 15.9. The standard InChI is InChI=1S/C6H19NSi2.C4H8O.Na/c1-8(2,3)7-9(4,5)6;1-2-4-5-3-1;/h7H,1-6H3;1-4H2;. The Balaban J connectivity index is 0. The third-order valence-electron chi connectivity index (χ3n) is 1.58. The van der Waals surface area contributed by atoms with Crippen molar-refractivity contribution in [3.63, 3.8) is 0 Å². The van der Waals surface area contributed by atoms with Crippen LogP contribution in [-0.2, 0) is 4.74 Å². The molecule has 0 amide bonds. The van der Waals surface area contributed by atoms with Crippen LogP contribution in [0.25, 0.3) is 0 Å². The summed E-state index contributed by atoms with van der Waals surface area (Å²) >= 11 is 0. The van der Waals surface area contributed by atoms with E-state index in [1.54, 1.807) is 0 Å². The van der Waals surface area contributed by atoms with E-state index in [-0.39, 0.29) is 29.6 Å². The van der Waals surface area contributed by atoms with Crippen LogP contribution in [0, 0.1) is 0 Å². The predicted octanol–water partition coefficient (Wildman–Crippen LogP) is 2.66. The van der Waals surface area contributed by atoms with Gasteiger partial charge in [-0.2, -0.15) is 0 Å². The van der Waals surface area contributed by atoms with Gasteiger partial charge in [0.25, 0.3) is 0 Å². The molecule has 0 atom stereocenters. The van der Waals surface area contributed by atoms with E-state index in [1.165, 1.54) is 12.8 Å². The van der Waals surface area contributed by atoms with Gasteiger partial charge in [-0.15, -0.1) is 0 Å². The van der Waals surface area contributed by atoms with Crippen LogP contribution in [0.15, 0.2) is 0 Å². The van der Waals surface area contributed by atoms with Crippen molar-refractivity contribution in [2.75, 3.05) is 13.2 Å². The third-order valence-corrected chi connectivity index (χ3v) is 7.58. The summed E-state index contributed by atoms with van der Waals surface area (Å²) in [6.45, 7) is 16.1. The second-order valence-electron chi connectivity index (χ2n) is 5.94. The van der Waals surface area contributed by atoms with Gasteiger partial charge in [-0.25, -0.2) is 0 Å². The molecular weight excluding hydrogens is 229 g/mol. The molecule has 0 aromatic carbocycles. The molecule has 0 aromatic heterocycles. The smallest absolute Gasteiger partial charge is 0.109 e. The van der Waals surface area contributed by atoms with E-state index in [2.05, 4.69) is 43.9 Å². The summed E-state index contributed by atoms with van der Waals surface area (Å²) in [5, 5.41) is 0. The molecule has 1 rings (SSSR count). The molecule has 1 aliphatic heterocycles. The Kier molecular flexibility index (Phi) is 10.5. The molecule has 2 nitrogen and oxygen atoms in total. The Hall–Kier alpha value is 1.35. The van der Waals surface area contributed by atoms with Crippen LogP contribution in [0.1, 0.15) is 12.8 Å². The van der Waals surface area contributed by atoms with Gasteiger partial charge in [0.05, 0.1) is 0 Å². The number of ether oxygens (including phenoxy) is 1. The molecular formula is C10H27NNaOSi2. The molecule has 1 aliphatic rings. The Labute approximate surface area is 120 Å². The summed E-state index contributed by atoms with van der Waals surface area (Å²) in [6, 6.07) is 0.